The molecule has 2 aliphatic heterocycles. The van der Waals surface area contributed by atoms with Crippen LogP contribution in [-0.2, 0) is 35.3 Å². The van der Waals surface area contributed by atoms with Gasteiger partial charge in [-0.3, -0.25) is 19.4 Å². The highest BCUT2D eigenvalue weighted by atomic mass is 16.5. The monoisotopic (exact) mass is 963 g/mol. The van der Waals surface area contributed by atoms with E-state index in [4.69, 9.17) is 33.2 Å². The van der Waals surface area contributed by atoms with Crippen molar-refractivity contribution in [1.82, 2.24) is 14.8 Å². The van der Waals surface area contributed by atoms with E-state index >= 15 is 0 Å². The number of pyridine rings is 1. The minimum atomic E-state index is -0.0905. The van der Waals surface area contributed by atoms with Gasteiger partial charge in [0.15, 0.2) is 46.0 Å². The standard InChI is InChI=1S/C29H32N2O5.C27H29N3O5/c1-16-7-6-8-17(2)28(16)30-25(32)15-31-10-9-18-12-24(36-5)29(33)27-20-14-23(35-4)22(34-3)13-19(20)11-21(31)26(18)27;1-32-20-13-17-11-19-25-16(8-10-30(19)15-24(31)29-23-7-5-6-9-28-23)12-22(34-3)27(35-4)26(25)18(17)14-21(20)33-2/h6-8,12-14,21,33H,9-11,15H2,1-5H3,(H,30,32);5-7,9,12-14,19H,8,10-11,15H2,1-4H3,(H,28,29,31). The molecule has 71 heavy (non-hydrogen) atoms. The Morgan fingerprint density at radius 1 is 0.577 bits per heavy atom. The number of methoxy groups -OCH3 is 7. The number of aromatic nitrogens is 1. The highest BCUT2D eigenvalue weighted by molar-refractivity contribution is 5.94. The van der Waals surface area contributed by atoms with E-state index in [1.54, 1.807) is 62.0 Å². The normalized spacial score (nSPS) is 16.1. The number of ether oxygens (including phenoxy) is 7. The van der Waals surface area contributed by atoms with Crippen LogP contribution in [0.4, 0.5) is 11.5 Å². The van der Waals surface area contributed by atoms with Crippen molar-refractivity contribution < 1.29 is 47.9 Å². The first kappa shape index (κ1) is 48.5. The molecular weight excluding hydrogens is 903 g/mol. The molecule has 0 radical (unpaired) electrons. The Morgan fingerprint density at radius 2 is 1.06 bits per heavy atom. The number of nitrogens with one attached hydrogen (secondary N) is 2. The predicted molar refractivity (Wildman–Crippen MR) is 272 cm³/mol. The summed E-state index contributed by atoms with van der Waals surface area (Å²) in [7, 11) is 11.4. The summed E-state index contributed by atoms with van der Waals surface area (Å²) in [5.41, 5.74) is 13.3. The molecule has 0 saturated carbocycles. The Labute approximate surface area is 414 Å². The number of amides is 2. The summed E-state index contributed by atoms with van der Waals surface area (Å²) >= 11 is 0. The van der Waals surface area contributed by atoms with E-state index < -0.39 is 0 Å². The minimum Gasteiger partial charge on any atom is -0.504 e. The van der Waals surface area contributed by atoms with E-state index in [1.807, 2.05) is 74.5 Å². The molecule has 15 nitrogen and oxygen atoms in total. The predicted octanol–water partition coefficient (Wildman–Crippen LogP) is 8.67. The van der Waals surface area contributed by atoms with Gasteiger partial charge in [-0.25, -0.2) is 4.98 Å². The molecule has 2 unspecified atom stereocenters. The van der Waals surface area contributed by atoms with Crippen LogP contribution in [-0.4, -0.2) is 108 Å². The van der Waals surface area contributed by atoms with Gasteiger partial charge in [-0.05, 0) is 144 Å². The fourth-order valence-corrected chi connectivity index (χ4v) is 10.9. The second kappa shape index (κ2) is 20.5. The molecule has 4 aliphatic rings. The number of aromatic hydroxyl groups is 1. The highest BCUT2D eigenvalue weighted by Gasteiger charge is 2.40. The molecule has 2 aliphatic carbocycles. The van der Waals surface area contributed by atoms with E-state index in [1.165, 1.54) is 11.1 Å². The molecule has 0 fully saturated rings. The van der Waals surface area contributed by atoms with Gasteiger partial charge in [-0.1, -0.05) is 24.3 Å². The summed E-state index contributed by atoms with van der Waals surface area (Å²) in [5, 5.41) is 17.3. The van der Waals surface area contributed by atoms with Gasteiger partial charge in [0.25, 0.3) is 0 Å². The molecule has 0 spiro atoms. The maximum absolute atomic E-state index is 13.2. The van der Waals surface area contributed by atoms with Gasteiger partial charge in [0.1, 0.15) is 5.82 Å². The molecule has 10 rings (SSSR count). The lowest BCUT2D eigenvalue weighted by Crippen LogP contribution is -2.42. The number of aryl methyl sites for hydroxylation is 2. The number of para-hydroxylation sites is 1. The van der Waals surface area contributed by atoms with Gasteiger partial charge in [0, 0.05) is 48.2 Å². The number of rotatable bonds is 13. The Hall–Kier alpha value is -7.49. The lowest BCUT2D eigenvalue weighted by molar-refractivity contribution is -0.118. The van der Waals surface area contributed by atoms with Crippen LogP contribution in [0, 0.1) is 13.8 Å². The van der Waals surface area contributed by atoms with Crippen molar-refractivity contribution in [2.45, 2.75) is 51.6 Å². The van der Waals surface area contributed by atoms with Crippen molar-refractivity contribution in [3.05, 3.63) is 124 Å². The number of carbonyl (C=O) groups is 2. The second-order valence-electron chi connectivity index (χ2n) is 18.1. The molecule has 370 valence electrons. The van der Waals surface area contributed by atoms with Gasteiger partial charge < -0.3 is 48.9 Å². The van der Waals surface area contributed by atoms with Gasteiger partial charge in [-0.15, -0.1) is 0 Å². The molecule has 2 atom stereocenters. The molecule has 5 aromatic carbocycles. The summed E-state index contributed by atoms with van der Waals surface area (Å²) < 4.78 is 39.4. The smallest absolute Gasteiger partial charge is 0.239 e. The average molecular weight is 964 g/mol. The van der Waals surface area contributed by atoms with Crippen LogP contribution in [0.25, 0.3) is 22.3 Å². The topological polar surface area (TPSA) is 162 Å². The first-order valence-corrected chi connectivity index (χ1v) is 23.7. The molecule has 2 amide bonds. The van der Waals surface area contributed by atoms with Crippen molar-refractivity contribution in [1.29, 1.82) is 0 Å². The number of benzene rings is 5. The van der Waals surface area contributed by atoms with Gasteiger partial charge >= 0.3 is 0 Å². The zero-order valence-electron chi connectivity index (χ0n) is 41.8. The Bertz CT molecular complexity index is 2990. The van der Waals surface area contributed by atoms with Crippen LogP contribution >= 0.6 is 0 Å². The molecule has 15 heteroatoms. The first-order valence-electron chi connectivity index (χ1n) is 23.7. The number of phenols is 1. The Balaban J connectivity index is 0.000000176. The molecule has 1 aromatic heterocycles. The van der Waals surface area contributed by atoms with Crippen molar-refractivity contribution in [2.75, 3.05) is 86.6 Å². The number of fused-ring (bicyclic) bond motifs is 4. The highest BCUT2D eigenvalue weighted by Crippen LogP contribution is 2.56. The summed E-state index contributed by atoms with van der Waals surface area (Å²) in [5.74, 6) is 4.92. The number of hydrogen-bond donors (Lipinski definition) is 3. The number of phenolic OH excluding ortho intramolecular Hbond substituents is 1. The number of nitrogens with zero attached hydrogens (tertiary/aromatic N) is 3. The maximum atomic E-state index is 13.2. The molecular formula is C56H61N5O10. The van der Waals surface area contributed by atoms with Crippen LogP contribution < -0.4 is 43.8 Å². The first-order chi connectivity index (χ1) is 34.4. The van der Waals surface area contributed by atoms with E-state index in [0.717, 1.165) is 93.7 Å². The van der Waals surface area contributed by atoms with Crippen molar-refractivity contribution in [2.24, 2.45) is 0 Å². The second-order valence-corrected chi connectivity index (χ2v) is 18.1. The molecule has 0 bridgehead atoms. The summed E-state index contributed by atoms with van der Waals surface area (Å²) in [6.45, 7) is 6.01. The zero-order valence-corrected chi connectivity index (χ0v) is 41.8. The lowest BCUT2D eigenvalue weighted by Gasteiger charge is -2.42. The van der Waals surface area contributed by atoms with Gasteiger partial charge in [0.05, 0.1) is 62.9 Å². The third kappa shape index (κ3) is 9.11. The van der Waals surface area contributed by atoms with Crippen LogP contribution in [0.1, 0.15) is 56.6 Å². The van der Waals surface area contributed by atoms with Crippen LogP contribution in [0.5, 0.6) is 46.0 Å². The quantitative estimate of drug-likeness (QED) is 0.101. The van der Waals surface area contributed by atoms with Crippen LogP contribution in [0.3, 0.4) is 0 Å². The fourth-order valence-electron chi connectivity index (χ4n) is 10.9. The fraction of sp³-hybridized carbons (Fsp3) is 0.339. The minimum absolute atomic E-state index is 0.00800. The summed E-state index contributed by atoms with van der Waals surface area (Å²) in [6.07, 6.45) is 4.66. The Kier molecular flexibility index (Phi) is 14.0. The Morgan fingerprint density at radius 3 is 1.56 bits per heavy atom. The number of carbonyl (C=O) groups excluding carboxylic acids is 2. The summed E-state index contributed by atoms with van der Waals surface area (Å²) in [4.78, 5) is 34.8. The van der Waals surface area contributed by atoms with Gasteiger partial charge in [-0.2, -0.15) is 0 Å². The SMILES string of the molecule is COc1cc2c(cc1OC)-c1c(O)c(OC)cc3c1C(C2)N(CC(=O)Nc1c(C)cccc1C)CC3.COc1cc2c(cc1OC)-c1c(OC)c(OC)cc3c1C(C2)N(CC(=O)Nc1ccccn1)CC3. The van der Waals surface area contributed by atoms with E-state index in [2.05, 4.69) is 31.5 Å². The summed E-state index contributed by atoms with van der Waals surface area (Å²) in [6, 6.07) is 23.3. The average Bonchev–Trinajstić information content (AvgIpc) is 3.38. The lowest BCUT2D eigenvalue weighted by atomic mass is 9.76. The van der Waals surface area contributed by atoms with Crippen LogP contribution in [0.2, 0.25) is 0 Å². The molecule has 3 N–H and O–H groups in total. The van der Waals surface area contributed by atoms with Crippen molar-refractivity contribution in [3.8, 4) is 68.2 Å². The maximum Gasteiger partial charge on any atom is 0.239 e. The van der Waals surface area contributed by atoms with Crippen molar-refractivity contribution in [3.63, 3.8) is 0 Å². The molecule has 3 heterocycles. The number of hydrogen-bond acceptors (Lipinski definition) is 13. The third-order valence-electron chi connectivity index (χ3n) is 14.2. The molecule has 0 saturated heterocycles. The van der Waals surface area contributed by atoms with Crippen LogP contribution in [0.15, 0.2) is 79.0 Å². The van der Waals surface area contributed by atoms with Crippen molar-refractivity contribution >= 4 is 23.3 Å². The zero-order chi connectivity index (χ0) is 50.1. The van der Waals surface area contributed by atoms with E-state index in [-0.39, 0.29) is 42.7 Å². The van der Waals surface area contributed by atoms with E-state index in [0.29, 0.717) is 52.5 Å². The largest absolute Gasteiger partial charge is 0.504 e. The molecule has 6 aromatic rings. The van der Waals surface area contributed by atoms with Gasteiger partial charge in [0.2, 0.25) is 11.8 Å². The van der Waals surface area contributed by atoms with E-state index in [9.17, 15) is 14.7 Å². The third-order valence-corrected chi connectivity index (χ3v) is 14.2. The number of anilines is 2.